The largest absolute Gasteiger partial charge is 0.364 e. The van der Waals surface area contributed by atoms with E-state index in [1.165, 1.54) is 0 Å². The molecule has 0 aliphatic carbocycles. The molecule has 0 spiro atoms. The summed E-state index contributed by atoms with van der Waals surface area (Å²) < 4.78 is 5.74. The number of amides is 1. The van der Waals surface area contributed by atoms with Crippen molar-refractivity contribution in [2.24, 2.45) is 5.73 Å². The molecular weight excluding hydrogens is 254 g/mol. The third-order valence-corrected chi connectivity index (χ3v) is 4.02. The second-order valence-corrected chi connectivity index (χ2v) is 5.36. The number of nitrogens with one attached hydrogen (secondary N) is 1. The van der Waals surface area contributed by atoms with Crippen LogP contribution < -0.4 is 16.0 Å². The minimum atomic E-state index is -0.338. The highest BCUT2D eigenvalue weighted by Crippen LogP contribution is 2.26. The Balaban J connectivity index is 1.81. The van der Waals surface area contributed by atoms with E-state index in [2.05, 4.69) is 11.4 Å². The van der Waals surface area contributed by atoms with Gasteiger partial charge < -0.3 is 20.7 Å². The van der Waals surface area contributed by atoms with E-state index >= 15 is 0 Å². The maximum atomic E-state index is 12.7. The van der Waals surface area contributed by atoms with E-state index in [0.29, 0.717) is 13.1 Å². The number of hydrogen-bond donors (Lipinski definition) is 2. The zero-order valence-corrected chi connectivity index (χ0v) is 11.5. The molecule has 5 nitrogen and oxygen atoms in total. The highest BCUT2D eigenvalue weighted by Gasteiger charge is 2.34. The number of rotatable bonds is 2. The van der Waals surface area contributed by atoms with Crippen molar-refractivity contribution in [1.29, 1.82) is 0 Å². The summed E-state index contributed by atoms with van der Waals surface area (Å²) in [5.41, 5.74) is 7.78. The topological polar surface area (TPSA) is 67.6 Å². The van der Waals surface area contributed by atoms with Gasteiger partial charge in [-0.15, -0.1) is 0 Å². The lowest BCUT2D eigenvalue weighted by Crippen LogP contribution is -2.42. The van der Waals surface area contributed by atoms with Crippen molar-refractivity contribution in [3.05, 3.63) is 29.8 Å². The molecule has 1 fully saturated rings. The zero-order chi connectivity index (χ0) is 13.9. The van der Waals surface area contributed by atoms with Crippen molar-refractivity contribution in [3.63, 3.8) is 0 Å². The summed E-state index contributed by atoms with van der Waals surface area (Å²) in [6.45, 7) is 2.77. The Hall–Kier alpha value is -1.43. The molecule has 1 saturated heterocycles. The number of benzene rings is 1. The Morgan fingerprint density at radius 2 is 2.25 bits per heavy atom. The van der Waals surface area contributed by atoms with Gasteiger partial charge in [-0.05, 0) is 24.5 Å². The van der Waals surface area contributed by atoms with Crippen molar-refractivity contribution in [3.8, 4) is 0 Å². The lowest BCUT2D eigenvalue weighted by Gasteiger charge is -2.25. The first-order valence-electron chi connectivity index (χ1n) is 7.25. The first-order valence-corrected chi connectivity index (χ1v) is 7.25. The highest BCUT2D eigenvalue weighted by molar-refractivity contribution is 5.97. The summed E-state index contributed by atoms with van der Waals surface area (Å²) in [5, 5.41) is 3.34. The van der Waals surface area contributed by atoms with Crippen molar-refractivity contribution in [1.82, 2.24) is 5.32 Å². The molecule has 1 aromatic carbocycles. The molecule has 2 aliphatic heterocycles. The summed E-state index contributed by atoms with van der Waals surface area (Å²) >= 11 is 0. The van der Waals surface area contributed by atoms with Crippen LogP contribution in [-0.4, -0.2) is 37.7 Å². The molecule has 0 aromatic heterocycles. The van der Waals surface area contributed by atoms with Gasteiger partial charge in [0.15, 0.2) is 0 Å². The molecule has 1 aromatic rings. The molecule has 0 radical (unpaired) electrons. The minimum absolute atomic E-state index is 0.0318. The van der Waals surface area contributed by atoms with Gasteiger partial charge in [0.05, 0.1) is 6.10 Å². The van der Waals surface area contributed by atoms with Gasteiger partial charge in [0, 0.05) is 31.9 Å². The molecule has 2 aliphatic rings. The molecule has 20 heavy (non-hydrogen) atoms. The quantitative estimate of drug-likeness (QED) is 0.831. The lowest BCUT2D eigenvalue weighted by atomic mass is 10.1. The Morgan fingerprint density at radius 3 is 3.05 bits per heavy atom. The summed E-state index contributed by atoms with van der Waals surface area (Å²) in [7, 11) is 0. The molecule has 3 N–H and O–H groups in total. The third kappa shape index (κ3) is 2.57. The van der Waals surface area contributed by atoms with E-state index in [-0.39, 0.29) is 18.1 Å². The van der Waals surface area contributed by atoms with Crippen LogP contribution in [0.1, 0.15) is 18.4 Å². The van der Waals surface area contributed by atoms with Crippen molar-refractivity contribution < 1.29 is 9.53 Å². The molecule has 0 saturated carbocycles. The van der Waals surface area contributed by atoms with Gasteiger partial charge >= 0.3 is 0 Å². The Morgan fingerprint density at radius 1 is 1.40 bits per heavy atom. The molecule has 1 amide bonds. The Bertz CT molecular complexity index is 492. The summed E-state index contributed by atoms with van der Waals surface area (Å²) in [4.78, 5) is 14.6. The summed E-state index contributed by atoms with van der Waals surface area (Å²) in [5.74, 6) is 0.0668. The fourth-order valence-electron chi connectivity index (χ4n) is 2.92. The first-order chi connectivity index (χ1) is 9.79. The molecule has 2 atom stereocenters. The van der Waals surface area contributed by atoms with Gasteiger partial charge in [0.25, 0.3) is 5.91 Å². The Labute approximate surface area is 119 Å². The van der Waals surface area contributed by atoms with Gasteiger partial charge in [0.1, 0.15) is 6.10 Å². The van der Waals surface area contributed by atoms with Crippen LogP contribution in [0.25, 0.3) is 0 Å². The molecule has 108 valence electrons. The van der Waals surface area contributed by atoms with Gasteiger partial charge in [-0.25, -0.2) is 0 Å². The van der Waals surface area contributed by atoms with Crippen LogP contribution in [0.2, 0.25) is 0 Å². The van der Waals surface area contributed by atoms with E-state index < -0.39 is 0 Å². The van der Waals surface area contributed by atoms with E-state index in [1.54, 1.807) is 0 Å². The smallest absolute Gasteiger partial charge is 0.256 e. The first kappa shape index (κ1) is 13.5. The van der Waals surface area contributed by atoms with Crippen LogP contribution >= 0.6 is 0 Å². The van der Waals surface area contributed by atoms with E-state index in [9.17, 15) is 4.79 Å². The van der Waals surface area contributed by atoms with Gasteiger partial charge in [-0.1, -0.05) is 18.2 Å². The molecule has 2 heterocycles. The number of anilines is 1. The van der Waals surface area contributed by atoms with Crippen molar-refractivity contribution in [2.75, 3.05) is 24.5 Å². The second-order valence-electron chi connectivity index (χ2n) is 5.36. The minimum Gasteiger partial charge on any atom is -0.364 e. The third-order valence-electron chi connectivity index (χ3n) is 4.02. The molecular formula is C15H21N3O2. The number of nitrogens with zero attached hydrogens (tertiary/aromatic N) is 1. The van der Waals surface area contributed by atoms with E-state index in [1.807, 2.05) is 23.1 Å². The predicted octanol–water partition coefficient (Wildman–Crippen LogP) is 0.629. The van der Waals surface area contributed by atoms with Crippen LogP contribution in [-0.2, 0) is 16.1 Å². The lowest BCUT2D eigenvalue weighted by molar-refractivity contribution is -0.129. The van der Waals surface area contributed by atoms with Crippen LogP contribution in [0.5, 0.6) is 0 Å². The number of carbonyl (C=O) groups excluding carboxylic acids is 1. The van der Waals surface area contributed by atoms with Crippen LogP contribution in [0.3, 0.4) is 0 Å². The maximum absolute atomic E-state index is 12.7. The zero-order valence-electron chi connectivity index (χ0n) is 11.5. The van der Waals surface area contributed by atoms with Crippen molar-refractivity contribution in [2.45, 2.75) is 31.6 Å². The average Bonchev–Trinajstić information content (AvgIpc) is 2.86. The monoisotopic (exact) mass is 275 g/mol. The van der Waals surface area contributed by atoms with Gasteiger partial charge in [-0.3, -0.25) is 4.79 Å². The number of hydrogen-bond acceptors (Lipinski definition) is 4. The average molecular weight is 275 g/mol. The van der Waals surface area contributed by atoms with Crippen LogP contribution in [0, 0.1) is 0 Å². The fourth-order valence-corrected chi connectivity index (χ4v) is 2.92. The molecule has 3 rings (SSSR count). The van der Waals surface area contributed by atoms with E-state index in [4.69, 9.17) is 10.5 Å². The van der Waals surface area contributed by atoms with Gasteiger partial charge in [-0.2, -0.15) is 0 Å². The molecule has 0 bridgehead atoms. The second kappa shape index (κ2) is 5.91. The fraction of sp³-hybridized carbons (Fsp3) is 0.533. The number of fused-ring (bicyclic) bond motifs is 1. The molecule has 5 heteroatoms. The standard InChI is InChI=1S/C15H21N3O2/c16-9-12-5-6-14(20-12)15(19)18-8-7-17-10-11-3-1-2-4-13(11)18/h1-4,12,14,17H,5-10,16H2/t12-,14+/m1/s1. The number of carbonyl (C=O) groups is 1. The van der Waals surface area contributed by atoms with Crippen LogP contribution in [0.15, 0.2) is 24.3 Å². The Kier molecular flexibility index (Phi) is 4.00. The maximum Gasteiger partial charge on any atom is 0.256 e. The normalized spacial score (nSPS) is 26.1. The number of ether oxygens (including phenoxy) is 1. The van der Waals surface area contributed by atoms with E-state index in [0.717, 1.165) is 37.2 Å². The number of para-hydroxylation sites is 1. The SMILES string of the molecule is NC[C@H]1CC[C@@H](C(=O)N2CCNCc3ccccc32)O1. The molecule has 0 unspecified atom stereocenters. The highest BCUT2D eigenvalue weighted by atomic mass is 16.5. The summed E-state index contributed by atoms with van der Waals surface area (Å²) in [6, 6.07) is 8.05. The van der Waals surface area contributed by atoms with Crippen LogP contribution in [0.4, 0.5) is 5.69 Å². The number of nitrogens with two attached hydrogens (primary N) is 1. The summed E-state index contributed by atoms with van der Waals surface area (Å²) in [6.07, 6.45) is 1.34. The van der Waals surface area contributed by atoms with Crippen molar-refractivity contribution >= 4 is 11.6 Å². The predicted molar refractivity (Wildman–Crippen MR) is 77.5 cm³/mol. The van der Waals surface area contributed by atoms with Gasteiger partial charge in [0.2, 0.25) is 0 Å².